The molecule has 0 saturated heterocycles. The number of carbonyl (C=O) groups excluding carboxylic acids is 2. The normalized spacial score (nSPS) is 17.1. The van der Waals surface area contributed by atoms with Gasteiger partial charge in [-0.15, -0.1) is 0 Å². The van der Waals surface area contributed by atoms with Crippen molar-refractivity contribution in [3.8, 4) is 11.1 Å². The Balaban J connectivity index is 1.61. The van der Waals surface area contributed by atoms with Gasteiger partial charge in [0.15, 0.2) is 0 Å². The van der Waals surface area contributed by atoms with E-state index in [9.17, 15) is 9.59 Å². The lowest BCUT2D eigenvalue weighted by atomic mass is 9.89. The molecular weight excluding hydrogens is 440 g/mol. The molecule has 0 spiro atoms. The molecule has 2 amide bonds. The zero-order valence-electron chi connectivity index (χ0n) is 20.7. The van der Waals surface area contributed by atoms with Crippen LogP contribution in [0.2, 0.25) is 0 Å². The second-order valence-electron chi connectivity index (χ2n) is 9.17. The minimum atomic E-state index is -0.0804. The molecule has 8 nitrogen and oxygen atoms in total. The maximum absolute atomic E-state index is 12.4. The molecule has 4 rings (SSSR count). The third-order valence-corrected chi connectivity index (χ3v) is 6.23. The van der Waals surface area contributed by atoms with Crippen molar-refractivity contribution in [2.24, 2.45) is 0 Å². The van der Waals surface area contributed by atoms with E-state index in [1.807, 2.05) is 60.3 Å². The van der Waals surface area contributed by atoms with Crippen LogP contribution in [0, 0.1) is 0 Å². The van der Waals surface area contributed by atoms with Gasteiger partial charge in [0, 0.05) is 49.7 Å². The number of aromatic nitrogens is 2. The summed E-state index contributed by atoms with van der Waals surface area (Å²) in [7, 11) is 3.95. The summed E-state index contributed by atoms with van der Waals surface area (Å²) in [5.41, 5.74) is 4.59. The van der Waals surface area contributed by atoms with Crippen molar-refractivity contribution in [2.45, 2.75) is 32.4 Å². The fourth-order valence-corrected chi connectivity index (χ4v) is 4.52. The summed E-state index contributed by atoms with van der Waals surface area (Å²) in [4.78, 5) is 37.3. The topological polar surface area (TPSA) is 90.5 Å². The minimum Gasteiger partial charge on any atom is -0.362 e. The monoisotopic (exact) mass is 472 g/mol. The number of hydrogen-bond acceptors (Lipinski definition) is 6. The molecule has 2 heterocycles. The van der Waals surface area contributed by atoms with Crippen molar-refractivity contribution >= 4 is 23.3 Å². The molecule has 1 aliphatic rings. The molecule has 2 atom stereocenters. The molecule has 8 heteroatoms. The molecule has 3 aromatic rings. The largest absolute Gasteiger partial charge is 0.362 e. The third-order valence-electron chi connectivity index (χ3n) is 6.23. The van der Waals surface area contributed by atoms with Gasteiger partial charge >= 0.3 is 0 Å². The number of nitrogens with zero attached hydrogens (tertiary/aromatic N) is 4. The van der Waals surface area contributed by atoms with Gasteiger partial charge in [-0.1, -0.05) is 18.2 Å². The van der Waals surface area contributed by atoms with Gasteiger partial charge in [0.25, 0.3) is 5.91 Å². The highest BCUT2D eigenvalue weighted by atomic mass is 16.2. The van der Waals surface area contributed by atoms with E-state index in [1.165, 1.54) is 0 Å². The zero-order chi connectivity index (χ0) is 24.9. The number of amides is 2. The highest BCUT2D eigenvalue weighted by Crippen LogP contribution is 2.40. The first kappa shape index (κ1) is 24.3. The summed E-state index contributed by atoms with van der Waals surface area (Å²) in [5, 5.41) is 6.43. The molecular formula is C27H32N6O2. The SMILES string of the molecule is CC(=O)N1c2ccc(-c3ccc(C(=O)NCCN(C)C)cc3)cc2C(Nc2cnccn2)CC1C. The van der Waals surface area contributed by atoms with Crippen molar-refractivity contribution in [3.63, 3.8) is 0 Å². The van der Waals surface area contributed by atoms with Crippen LogP contribution in [0.1, 0.15) is 42.2 Å². The van der Waals surface area contributed by atoms with E-state index in [0.717, 1.165) is 35.3 Å². The van der Waals surface area contributed by atoms with Crippen LogP contribution in [0.4, 0.5) is 11.5 Å². The molecule has 0 aliphatic carbocycles. The smallest absolute Gasteiger partial charge is 0.251 e. The molecule has 2 aromatic carbocycles. The fourth-order valence-electron chi connectivity index (χ4n) is 4.52. The maximum atomic E-state index is 12.4. The van der Waals surface area contributed by atoms with E-state index in [4.69, 9.17) is 0 Å². The maximum Gasteiger partial charge on any atom is 0.251 e. The van der Waals surface area contributed by atoms with Crippen LogP contribution in [0.5, 0.6) is 0 Å². The Morgan fingerprint density at radius 1 is 1.09 bits per heavy atom. The molecule has 0 fully saturated rings. The zero-order valence-corrected chi connectivity index (χ0v) is 20.7. The predicted molar refractivity (Wildman–Crippen MR) is 138 cm³/mol. The molecule has 2 unspecified atom stereocenters. The molecule has 2 N–H and O–H groups in total. The Hall–Kier alpha value is -3.78. The molecule has 0 saturated carbocycles. The van der Waals surface area contributed by atoms with E-state index < -0.39 is 0 Å². The van der Waals surface area contributed by atoms with E-state index >= 15 is 0 Å². The standard InChI is InChI=1S/C27H32N6O2/c1-18-15-24(31-26-17-28-11-12-29-26)23-16-22(9-10-25(23)33(18)19(2)34)20-5-7-21(8-6-20)27(35)30-13-14-32(3)4/h5-12,16-18,24H,13-15H2,1-4H3,(H,29,31)(H,30,35). The number of carbonyl (C=O) groups is 2. The summed E-state index contributed by atoms with van der Waals surface area (Å²) in [5.74, 6) is 0.638. The average molecular weight is 473 g/mol. The van der Waals surface area contributed by atoms with Gasteiger partial charge in [0.1, 0.15) is 5.82 Å². The van der Waals surface area contributed by atoms with Gasteiger partial charge in [-0.05, 0) is 68.4 Å². The van der Waals surface area contributed by atoms with E-state index in [1.54, 1.807) is 25.5 Å². The highest BCUT2D eigenvalue weighted by Gasteiger charge is 2.32. The summed E-state index contributed by atoms with van der Waals surface area (Å²) in [6.45, 7) is 5.06. The first-order valence-corrected chi connectivity index (χ1v) is 11.8. The van der Waals surface area contributed by atoms with Crippen LogP contribution < -0.4 is 15.5 Å². The van der Waals surface area contributed by atoms with Crippen molar-refractivity contribution in [2.75, 3.05) is 37.4 Å². The van der Waals surface area contributed by atoms with Crippen molar-refractivity contribution in [1.29, 1.82) is 0 Å². The number of fused-ring (bicyclic) bond motifs is 1. The minimum absolute atomic E-state index is 0.0194. The third kappa shape index (κ3) is 5.66. The number of rotatable bonds is 7. The van der Waals surface area contributed by atoms with Crippen molar-refractivity contribution in [1.82, 2.24) is 20.2 Å². The molecule has 182 valence electrons. The lowest BCUT2D eigenvalue weighted by Gasteiger charge is -2.39. The van der Waals surface area contributed by atoms with Crippen LogP contribution in [-0.2, 0) is 4.79 Å². The molecule has 0 bridgehead atoms. The molecule has 0 radical (unpaired) electrons. The van der Waals surface area contributed by atoms with E-state index in [2.05, 4.69) is 33.6 Å². The Morgan fingerprint density at radius 2 is 1.83 bits per heavy atom. The number of likely N-dealkylation sites (N-methyl/N-ethyl adjacent to an activating group) is 1. The van der Waals surface area contributed by atoms with Crippen LogP contribution >= 0.6 is 0 Å². The molecule has 35 heavy (non-hydrogen) atoms. The highest BCUT2D eigenvalue weighted by molar-refractivity contribution is 5.95. The summed E-state index contributed by atoms with van der Waals surface area (Å²) >= 11 is 0. The quantitative estimate of drug-likeness (QED) is 0.545. The molecule has 1 aliphatic heterocycles. The van der Waals surface area contributed by atoms with Gasteiger partial charge in [0.05, 0.1) is 12.2 Å². The number of benzene rings is 2. The number of hydrogen-bond donors (Lipinski definition) is 2. The molecule has 1 aromatic heterocycles. The van der Waals surface area contributed by atoms with Crippen LogP contribution in [-0.4, -0.2) is 59.9 Å². The Labute approximate surface area is 206 Å². The van der Waals surface area contributed by atoms with E-state index in [0.29, 0.717) is 17.9 Å². The second kappa shape index (κ2) is 10.7. The first-order valence-electron chi connectivity index (χ1n) is 11.8. The van der Waals surface area contributed by atoms with Gasteiger partial charge in [0.2, 0.25) is 5.91 Å². The first-order chi connectivity index (χ1) is 16.8. The lowest BCUT2D eigenvalue weighted by Crippen LogP contribution is -2.43. The summed E-state index contributed by atoms with van der Waals surface area (Å²) in [6.07, 6.45) is 5.75. The Kier molecular flexibility index (Phi) is 7.41. The average Bonchev–Trinajstić information content (AvgIpc) is 2.84. The predicted octanol–water partition coefficient (Wildman–Crippen LogP) is 3.73. The second-order valence-corrected chi connectivity index (χ2v) is 9.17. The van der Waals surface area contributed by atoms with E-state index in [-0.39, 0.29) is 23.9 Å². The summed E-state index contributed by atoms with van der Waals surface area (Å²) < 4.78 is 0. The Morgan fingerprint density at radius 3 is 2.49 bits per heavy atom. The van der Waals surface area contributed by atoms with Crippen molar-refractivity contribution < 1.29 is 9.59 Å². The number of anilines is 2. The van der Waals surface area contributed by atoms with Crippen LogP contribution in [0.25, 0.3) is 11.1 Å². The number of nitrogens with one attached hydrogen (secondary N) is 2. The van der Waals surface area contributed by atoms with Gasteiger partial charge < -0.3 is 20.4 Å². The van der Waals surface area contributed by atoms with Gasteiger partial charge in [-0.25, -0.2) is 4.98 Å². The van der Waals surface area contributed by atoms with Crippen LogP contribution in [0.15, 0.2) is 61.1 Å². The lowest BCUT2D eigenvalue weighted by molar-refractivity contribution is -0.117. The summed E-state index contributed by atoms with van der Waals surface area (Å²) in [6, 6.07) is 13.8. The van der Waals surface area contributed by atoms with Crippen LogP contribution in [0.3, 0.4) is 0 Å². The van der Waals surface area contributed by atoms with Gasteiger partial charge in [-0.2, -0.15) is 0 Å². The van der Waals surface area contributed by atoms with Crippen molar-refractivity contribution in [3.05, 3.63) is 72.2 Å². The van der Waals surface area contributed by atoms with Gasteiger partial charge in [-0.3, -0.25) is 14.6 Å². The Bertz CT molecular complexity index is 1180. The fraction of sp³-hybridized carbons (Fsp3) is 0.333.